The van der Waals surface area contributed by atoms with Crippen molar-refractivity contribution in [2.24, 2.45) is 17.4 Å². The number of aliphatic hydroxyl groups excluding tert-OH is 1. The molecule has 7 rings (SSSR count). The van der Waals surface area contributed by atoms with Gasteiger partial charge in [0.2, 0.25) is 88.6 Å². The number of aromatic nitrogens is 1. The van der Waals surface area contributed by atoms with E-state index in [4.69, 9.17) is 16.9 Å². The van der Waals surface area contributed by atoms with Crippen molar-refractivity contribution in [1.82, 2.24) is 82.7 Å². The number of rotatable bonds is 20. The van der Waals surface area contributed by atoms with Gasteiger partial charge in [-0.25, -0.2) is 0 Å². The number of carboxylic acid groups (broad SMARTS) is 1. The van der Waals surface area contributed by atoms with Gasteiger partial charge in [-0.3, -0.25) is 82.1 Å². The summed E-state index contributed by atoms with van der Waals surface area (Å²) in [6.45, 7) is -0.491. The van der Waals surface area contributed by atoms with E-state index < -0.39 is 217 Å². The second-order valence-electron chi connectivity index (χ2n) is 29.2. The van der Waals surface area contributed by atoms with Gasteiger partial charge in [0, 0.05) is 95.6 Å². The predicted molar refractivity (Wildman–Crippen MR) is 439 cm³/mol. The number of thioether (sulfide) groups is 1. The van der Waals surface area contributed by atoms with Crippen LogP contribution in [0.4, 0.5) is 0 Å². The maximum absolute atomic E-state index is 15.5. The topological polar surface area (TPSA) is 562 Å². The zero-order chi connectivity index (χ0) is 87.3. The molecule has 2 fully saturated rings. The van der Waals surface area contributed by atoms with Crippen molar-refractivity contribution >= 4 is 136 Å². The number of H-pyrrole nitrogens is 1. The Morgan fingerprint density at radius 2 is 1.16 bits per heavy atom. The van der Waals surface area contributed by atoms with Crippen LogP contribution in [0.25, 0.3) is 10.9 Å². The number of nitrogens with one attached hydrogen (secondary N) is 12. The van der Waals surface area contributed by atoms with Gasteiger partial charge in [-0.2, -0.15) is 12.6 Å². The van der Waals surface area contributed by atoms with Gasteiger partial charge in [0.05, 0.1) is 38.4 Å². The van der Waals surface area contributed by atoms with Crippen molar-refractivity contribution < 1.29 is 92.0 Å². The summed E-state index contributed by atoms with van der Waals surface area (Å²) in [7, 11) is 4.98. The summed E-state index contributed by atoms with van der Waals surface area (Å²) in [5.74, 6) is -18.6. The largest absolute Gasteiger partial charge is 0.508 e. The molecule has 11 atom stereocenters. The summed E-state index contributed by atoms with van der Waals surface area (Å²) in [6.07, 6.45) is -0.151. The zero-order valence-electron chi connectivity index (χ0n) is 66.7. The first-order valence-corrected chi connectivity index (χ1v) is 40.2. The Kier molecular flexibility index (Phi) is 35.8. The number of likely N-dealkylation sites (N-methyl/N-ethyl adjacent to an activating group) is 4. The molecule has 38 nitrogen and oxygen atoms in total. The van der Waals surface area contributed by atoms with Crippen LogP contribution in [-0.4, -0.2) is 297 Å². The van der Waals surface area contributed by atoms with Crippen molar-refractivity contribution in [2.75, 3.05) is 84.8 Å². The number of carbonyl (C=O) groups is 16. The lowest BCUT2D eigenvalue weighted by molar-refractivity contribution is -0.149. The molecule has 40 heteroatoms. The third-order valence-electron chi connectivity index (χ3n) is 20.1. The molecule has 1 aromatic heterocycles. The number of para-hydroxylation sites is 1. The predicted octanol–water partition coefficient (Wildman–Crippen LogP) is -3.75. The van der Waals surface area contributed by atoms with E-state index in [1.54, 1.807) is 91.1 Å². The number of amides is 15. The number of guanidine groups is 1. The molecule has 2 aliphatic heterocycles. The first-order chi connectivity index (χ1) is 56.6. The van der Waals surface area contributed by atoms with E-state index in [1.165, 1.54) is 64.2 Å². The number of hydrogen-bond donors (Lipinski definition) is 18. The summed E-state index contributed by atoms with van der Waals surface area (Å²) < 4.78 is 0. The van der Waals surface area contributed by atoms with E-state index >= 15 is 19.2 Å². The third-order valence-corrected chi connectivity index (χ3v) is 21.5. The number of phenols is 1. The Hall–Kier alpha value is -12.3. The number of aliphatic hydroxyl groups is 1. The fraction of sp³-hybridized carbons (Fsp3) is 0.456. The van der Waals surface area contributed by atoms with Crippen LogP contribution < -0.4 is 64.6 Å². The Morgan fingerprint density at radius 3 is 1.76 bits per heavy atom. The quantitative estimate of drug-likeness (QED) is 0.0154. The van der Waals surface area contributed by atoms with E-state index in [2.05, 4.69) is 70.8 Å². The molecule has 19 N–H and O–H groups in total. The van der Waals surface area contributed by atoms with Crippen LogP contribution in [0.2, 0.25) is 0 Å². The number of thiol groups is 1. The van der Waals surface area contributed by atoms with Crippen LogP contribution in [0.1, 0.15) is 68.2 Å². The fourth-order valence-corrected chi connectivity index (χ4v) is 14.7. The summed E-state index contributed by atoms with van der Waals surface area (Å²) in [5.41, 5.74) is 13.6. The molecule has 0 bridgehead atoms. The molecule has 4 aromatic carbocycles. The molecule has 2 aliphatic rings. The third kappa shape index (κ3) is 27.6. The van der Waals surface area contributed by atoms with Gasteiger partial charge in [-0.05, 0) is 72.1 Å². The fourth-order valence-electron chi connectivity index (χ4n) is 13.5. The van der Waals surface area contributed by atoms with Crippen LogP contribution >= 0.6 is 24.4 Å². The zero-order valence-corrected chi connectivity index (χ0v) is 68.5. The molecule has 0 unspecified atom stereocenters. The minimum Gasteiger partial charge on any atom is -0.508 e. The molecule has 0 saturated carbocycles. The molecule has 15 amide bonds. The van der Waals surface area contributed by atoms with Gasteiger partial charge in [-0.15, -0.1) is 11.8 Å². The maximum atomic E-state index is 15.5. The van der Waals surface area contributed by atoms with Crippen LogP contribution in [-0.2, 0) is 102 Å². The highest BCUT2D eigenvalue weighted by Crippen LogP contribution is 2.25. The number of primary amides is 1. The lowest BCUT2D eigenvalue weighted by Gasteiger charge is -2.35. The minimum atomic E-state index is -1.97. The van der Waals surface area contributed by atoms with E-state index in [0.717, 1.165) is 38.4 Å². The molecule has 3 heterocycles. The highest BCUT2D eigenvalue weighted by Gasteiger charge is 2.44. The van der Waals surface area contributed by atoms with E-state index in [0.29, 0.717) is 33.2 Å². The Morgan fingerprint density at radius 1 is 0.597 bits per heavy atom. The number of aromatic amines is 1. The van der Waals surface area contributed by atoms with E-state index in [-0.39, 0.29) is 76.0 Å². The molecular weight excluding hydrogens is 1580 g/mol. The van der Waals surface area contributed by atoms with Crippen LogP contribution in [0.3, 0.4) is 0 Å². The van der Waals surface area contributed by atoms with E-state index in [1.807, 2.05) is 0 Å². The highest BCUT2D eigenvalue weighted by atomic mass is 32.2. The number of benzene rings is 4. The van der Waals surface area contributed by atoms with Crippen molar-refractivity contribution in [3.8, 4) is 5.75 Å². The summed E-state index contributed by atoms with van der Waals surface area (Å²) in [6, 6.07) is 12.4. The monoisotopic (exact) mass is 1690 g/mol. The van der Waals surface area contributed by atoms with Gasteiger partial charge >= 0.3 is 5.97 Å². The van der Waals surface area contributed by atoms with Gasteiger partial charge in [0.1, 0.15) is 72.2 Å². The number of carbonyl (C=O) groups excluding carboxylic acids is 15. The van der Waals surface area contributed by atoms with Crippen LogP contribution in [0.15, 0.2) is 115 Å². The van der Waals surface area contributed by atoms with Gasteiger partial charge in [-0.1, -0.05) is 105 Å². The molecule has 5 aromatic rings. The average molecular weight is 1690 g/mol. The SMILES string of the molecule is CC(C)[C@@H]1NC(=O)[C@H](CC(=O)O)NC(=O)[C@H](CS)NC(=O)[C@@H](Cc2c[nH]c3ccccc23)NC(=O)CSC[C@@H](C(=O)NCC(N)=O)NC(=O)[C@@H]2CCCN2C(=O)[C@H](Cc2ccccc2)N(C)C(=O)[C@H](Cc2ccc(O)cc2)NC(=O)CN(C)C(=O)[C@H](Cc2ccccc2)N(C)C(=O)[C@H](CCCNC(=N)N)NC(=O)CNC(=O)[C@H](CO)N(C)C1=O. The Labute approximate surface area is 696 Å². The summed E-state index contributed by atoms with van der Waals surface area (Å²) in [4.78, 5) is 237. The molecule has 2 saturated heterocycles. The molecule has 119 heavy (non-hydrogen) atoms. The van der Waals surface area contributed by atoms with Gasteiger partial charge in [0.25, 0.3) is 0 Å². The minimum absolute atomic E-state index is 0.0108. The maximum Gasteiger partial charge on any atom is 0.305 e. The number of phenolic OH excluding ortho intramolecular Hbond substituents is 1. The molecule has 0 spiro atoms. The number of fused-ring (bicyclic) bond motifs is 2. The highest BCUT2D eigenvalue weighted by molar-refractivity contribution is 8.00. The van der Waals surface area contributed by atoms with Gasteiger partial charge in [0.15, 0.2) is 5.96 Å². The normalized spacial score (nSPS) is 23.2. The van der Waals surface area contributed by atoms with Crippen molar-refractivity contribution in [3.63, 3.8) is 0 Å². The molecule has 642 valence electrons. The summed E-state index contributed by atoms with van der Waals surface area (Å²) >= 11 is 5.09. The average Bonchev–Trinajstić information content (AvgIpc) is 1.78. The molecule has 0 radical (unpaired) electrons. The van der Waals surface area contributed by atoms with Crippen LogP contribution in [0, 0.1) is 11.3 Å². The Balaban J connectivity index is 1.27. The number of aliphatic carboxylic acids is 1. The lowest BCUT2D eigenvalue weighted by atomic mass is 10.00. The number of carboxylic acids is 1. The second kappa shape index (κ2) is 45.4. The van der Waals surface area contributed by atoms with Crippen LogP contribution in [0.5, 0.6) is 5.75 Å². The van der Waals surface area contributed by atoms with E-state index in [9.17, 15) is 72.9 Å². The first kappa shape index (κ1) is 93.8. The molecule has 0 aliphatic carbocycles. The van der Waals surface area contributed by atoms with Gasteiger partial charge < -0.3 is 109 Å². The lowest BCUT2D eigenvalue weighted by Crippen LogP contribution is -2.61. The number of nitrogens with zero attached hydrogens (tertiary/aromatic N) is 5. The number of hydrogen-bond acceptors (Lipinski definition) is 21. The van der Waals surface area contributed by atoms with Crippen molar-refractivity contribution in [3.05, 3.63) is 138 Å². The number of aromatic hydroxyl groups is 1. The summed E-state index contributed by atoms with van der Waals surface area (Å²) in [5, 5.41) is 64.5. The number of nitrogens with two attached hydrogens (primary N) is 2. The smallest absolute Gasteiger partial charge is 0.305 e. The van der Waals surface area contributed by atoms with Crippen molar-refractivity contribution in [1.29, 1.82) is 5.41 Å². The van der Waals surface area contributed by atoms with Crippen molar-refractivity contribution in [2.45, 2.75) is 138 Å². The Bertz CT molecular complexity index is 4470. The molecular formula is C79H105N19O19S2. The second-order valence-corrected chi connectivity index (χ2v) is 30.6. The first-order valence-electron chi connectivity index (χ1n) is 38.4. The standard InChI is InChI=1S/C79H105N19O19S2/c1-44(2)67-78(117)97(6)61(40-99)72(111)86-38-63(102)87-52(23-15-29-83-79(81)82)74(113)95(4)59(32-45-17-9-7-10-18-45)76(115)94(3)39-64(103)89-55(31-47-25-27-49(100)28-26-47)75(114)96(5)60(33-46-19-11-8-12-20-46)77(116)98-30-16-24-58(98)73(112)92-57(68(107)85-37-62(80)101)42-119-43-65(104)88-53(34-48-36-84-51-22-14-13-21-50(48)51)69(108)91-56(41-118)71(110)90-54(35-66(105)106)70(109)93-67/h7-14,17-22,25-28,36,44,52-61,67,84,99-100,118H,15-16,23-24,29-35,37-43H2,1-6H3,(H2,80,101)(H,85,107)(H,86,111)(H,87,102)(H,88,104)(H,89,103)(H,90,110)(H,91,108)(H,92,112)(H,93,109)(H,105,106)(H4,81,82,83)/t52-,53+,54-,55-,56-,57-,58-,59-,60-,61-,67-/m0/s1.